The fraction of sp³-hybridized carbons (Fsp3) is 0.750. The van der Waals surface area contributed by atoms with Gasteiger partial charge in [0.25, 0.3) is 0 Å². The number of piperidine rings is 1. The highest BCUT2D eigenvalue weighted by atomic mass is 15.5. The summed E-state index contributed by atoms with van der Waals surface area (Å²) in [7, 11) is 0. The van der Waals surface area contributed by atoms with E-state index in [-0.39, 0.29) is 0 Å². The molecule has 1 aliphatic heterocycles. The molecule has 0 bridgehead atoms. The van der Waals surface area contributed by atoms with E-state index in [2.05, 4.69) is 53.4 Å². The summed E-state index contributed by atoms with van der Waals surface area (Å²) in [5.74, 6) is 2.73. The first kappa shape index (κ1) is 16.0. The van der Waals surface area contributed by atoms with Crippen LogP contribution in [-0.2, 0) is 6.42 Å². The van der Waals surface area contributed by atoms with Crippen molar-refractivity contribution < 1.29 is 0 Å². The molecule has 1 aromatic rings. The van der Waals surface area contributed by atoms with Crippen LogP contribution in [0.2, 0.25) is 0 Å². The number of aryl methyl sites for hydroxylation is 1. The van der Waals surface area contributed by atoms with Crippen LogP contribution in [-0.4, -0.2) is 33.6 Å². The Morgan fingerprint density at radius 3 is 2.43 bits per heavy atom. The van der Waals surface area contributed by atoms with Crippen molar-refractivity contribution in [1.29, 1.82) is 0 Å². The highest BCUT2D eigenvalue weighted by Gasteiger charge is 2.25. The zero-order valence-electron chi connectivity index (χ0n) is 13.8. The molecule has 2 heterocycles. The van der Waals surface area contributed by atoms with E-state index >= 15 is 0 Å². The molecule has 0 spiro atoms. The van der Waals surface area contributed by atoms with Gasteiger partial charge in [-0.05, 0) is 40.0 Å². The van der Waals surface area contributed by atoms with E-state index in [0.717, 1.165) is 36.8 Å². The second-order valence-corrected chi connectivity index (χ2v) is 5.98. The second-order valence-electron chi connectivity index (χ2n) is 5.98. The zero-order valence-corrected chi connectivity index (χ0v) is 13.8. The molecule has 5 nitrogen and oxygen atoms in total. The number of aromatic nitrogens is 2. The molecule has 2 N–H and O–H groups in total. The molecule has 0 aliphatic carbocycles. The Morgan fingerprint density at radius 1 is 1.14 bits per heavy atom. The SMILES string of the molecule is CCCc1nc(NCC)cc(NN2C(C)CCCC2C)n1. The number of hydrogen-bond donors (Lipinski definition) is 2. The smallest absolute Gasteiger partial charge is 0.146 e. The lowest BCUT2D eigenvalue weighted by Gasteiger charge is -2.39. The third-order valence-corrected chi connectivity index (χ3v) is 4.04. The van der Waals surface area contributed by atoms with Crippen LogP contribution in [0.5, 0.6) is 0 Å². The van der Waals surface area contributed by atoms with Gasteiger partial charge in [0.05, 0.1) is 0 Å². The molecule has 118 valence electrons. The Hall–Kier alpha value is -1.36. The van der Waals surface area contributed by atoms with E-state index in [1.165, 1.54) is 19.3 Å². The second kappa shape index (κ2) is 7.59. The molecular formula is C16H29N5. The summed E-state index contributed by atoms with van der Waals surface area (Å²) in [6.07, 6.45) is 5.77. The molecule has 1 aliphatic rings. The van der Waals surface area contributed by atoms with E-state index in [4.69, 9.17) is 0 Å². The minimum absolute atomic E-state index is 0.543. The molecule has 0 aromatic carbocycles. The molecule has 21 heavy (non-hydrogen) atoms. The van der Waals surface area contributed by atoms with E-state index in [0.29, 0.717) is 12.1 Å². The highest BCUT2D eigenvalue weighted by Crippen LogP contribution is 2.23. The third-order valence-electron chi connectivity index (χ3n) is 4.04. The molecule has 5 heteroatoms. The summed E-state index contributed by atoms with van der Waals surface area (Å²) in [4.78, 5) is 9.23. The van der Waals surface area contributed by atoms with Crippen LogP contribution >= 0.6 is 0 Å². The quantitative estimate of drug-likeness (QED) is 0.840. The number of hydrogen-bond acceptors (Lipinski definition) is 5. The van der Waals surface area contributed by atoms with E-state index in [9.17, 15) is 0 Å². The van der Waals surface area contributed by atoms with Crippen LogP contribution in [0.3, 0.4) is 0 Å². The Kier molecular flexibility index (Phi) is 5.79. The maximum atomic E-state index is 4.66. The van der Waals surface area contributed by atoms with Gasteiger partial charge in [0.1, 0.15) is 17.5 Å². The Bertz CT molecular complexity index is 414. The average molecular weight is 291 g/mol. The van der Waals surface area contributed by atoms with Crippen LogP contribution in [0.15, 0.2) is 6.07 Å². The van der Waals surface area contributed by atoms with Crippen molar-refractivity contribution in [1.82, 2.24) is 15.0 Å². The van der Waals surface area contributed by atoms with Crippen LogP contribution < -0.4 is 10.7 Å². The van der Waals surface area contributed by atoms with Gasteiger partial charge in [0.15, 0.2) is 0 Å². The minimum atomic E-state index is 0.543. The maximum Gasteiger partial charge on any atom is 0.146 e. The number of nitrogens with zero attached hydrogens (tertiary/aromatic N) is 3. The molecule has 1 saturated heterocycles. The maximum absolute atomic E-state index is 4.66. The van der Waals surface area contributed by atoms with Gasteiger partial charge in [-0.25, -0.2) is 15.0 Å². The van der Waals surface area contributed by atoms with Crippen LogP contribution in [0.4, 0.5) is 11.6 Å². The first-order valence-electron chi connectivity index (χ1n) is 8.30. The predicted molar refractivity (Wildman–Crippen MR) is 88.4 cm³/mol. The highest BCUT2D eigenvalue weighted by molar-refractivity contribution is 5.47. The lowest BCUT2D eigenvalue weighted by Crippen LogP contribution is -2.47. The topological polar surface area (TPSA) is 53.1 Å². The van der Waals surface area contributed by atoms with Crippen molar-refractivity contribution in [3.8, 4) is 0 Å². The summed E-state index contributed by atoms with van der Waals surface area (Å²) in [5, 5.41) is 5.64. The molecule has 0 radical (unpaired) electrons. The summed E-state index contributed by atoms with van der Waals surface area (Å²) in [6.45, 7) is 9.68. The van der Waals surface area contributed by atoms with Gasteiger partial charge in [0.2, 0.25) is 0 Å². The van der Waals surface area contributed by atoms with Crippen molar-refractivity contribution in [3.05, 3.63) is 11.9 Å². The van der Waals surface area contributed by atoms with Gasteiger partial charge >= 0.3 is 0 Å². The van der Waals surface area contributed by atoms with Crippen molar-refractivity contribution >= 4 is 11.6 Å². The van der Waals surface area contributed by atoms with Gasteiger partial charge < -0.3 is 10.7 Å². The largest absolute Gasteiger partial charge is 0.370 e. The van der Waals surface area contributed by atoms with Crippen LogP contribution in [0, 0.1) is 0 Å². The normalized spacial score (nSPS) is 23.0. The molecule has 0 amide bonds. The number of rotatable bonds is 6. The first-order chi connectivity index (χ1) is 10.1. The molecule has 2 rings (SSSR count). The van der Waals surface area contributed by atoms with E-state index in [1.807, 2.05) is 6.07 Å². The lowest BCUT2D eigenvalue weighted by molar-refractivity contribution is 0.135. The number of nitrogens with one attached hydrogen (secondary N) is 2. The summed E-state index contributed by atoms with van der Waals surface area (Å²) >= 11 is 0. The fourth-order valence-corrected chi connectivity index (χ4v) is 2.94. The van der Waals surface area contributed by atoms with Gasteiger partial charge in [0, 0.05) is 31.1 Å². The molecule has 2 atom stereocenters. The van der Waals surface area contributed by atoms with Crippen molar-refractivity contribution in [2.24, 2.45) is 0 Å². The monoisotopic (exact) mass is 291 g/mol. The van der Waals surface area contributed by atoms with Crippen molar-refractivity contribution in [2.45, 2.75) is 71.9 Å². The summed E-state index contributed by atoms with van der Waals surface area (Å²) in [5.41, 5.74) is 3.52. The zero-order chi connectivity index (χ0) is 15.2. The van der Waals surface area contributed by atoms with Gasteiger partial charge in [-0.3, -0.25) is 0 Å². The van der Waals surface area contributed by atoms with Crippen LogP contribution in [0.25, 0.3) is 0 Å². The molecule has 1 fully saturated rings. The van der Waals surface area contributed by atoms with Crippen molar-refractivity contribution in [2.75, 3.05) is 17.3 Å². The minimum Gasteiger partial charge on any atom is -0.370 e. The van der Waals surface area contributed by atoms with E-state index < -0.39 is 0 Å². The molecule has 2 unspecified atom stereocenters. The fourth-order valence-electron chi connectivity index (χ4n) is 2.94. The van der Waals surface area contributed by atoms with Gasteiger partial charge in [-0.15, -0.1) is 0 Å². The molecule has 0 saturated carbocycles. The van der Waals surface area contributed by atoms with Gasteiger partial charge in [-0.1, -0.05) is 13.3 Å². The first-order valence-corrected chi connectivity index (χ1v) is 8.30. The summed E-state index contributed by atoms with van der Waals surface area (Å²) < 4.78 is 0. The molecular weight excluding hydrogens is 262 g/mol. The molecule has 1 aromatic heterocycles. The number of hydrazine groups is 1. The lowest BCUT2D eigenvalue weighted by atomic mass is 10.00. The Labute approximate surface area is 128 Å². The Morgan fingerprint density at radius 2 is 1.81 bits per heavy atom. The summed E-state index contributed by atoms with van der Waals surface area (Å²) in [6, 6.07) is 3.10. The average Bonchev–Trinajstić information content (AvgIpc) is 2.44. The Balaban J connectivity index is 2.17. The van der Waals surface area contributed by atoms with Gasteiger partial charge in [-0.2, -0.15) is 0 Å². The van der Waals surface area contributed by atoms with E-state index in [1.54, 1.807) is 0 Å². The van der Waals surface area contributed by atoms with Crippen LogP contribution in [0.1, 0.15) is 59.2 Å². The number of anilines is 2. The predicted octanol–water partition coefficient (Wildman–Crippen LogP) is 3.45. The third kappa shape index (κ3) is 4.30. The standard InChI is InChI=1S/C16H29N5/c1-5-8-14-18-15(17-6-2)11-16(19-14)20-21-12(3)9-7-10-13(21)4/h11-13H,5-10H2,1-4H3,(H2,17,18,19,20). The van der Waals surface area contributed by atoms with Crippen molar-refractivity contribution in [3.63, 3.8) is 0 Å².